The Bertz CT molecular complexity index is 1030. The highest BCUT2D eigenvalue weighted by molar-refractivity contribution is 7.89. The van der Waals surface area contributed by atoms with Crippen LogP contribution in [0.15, 0.2) is 47.5 Å². The van der Waals surface area contributed by atoms with Crippen molar-refractivity contribution in [1.29, 1.82) is 0 Å². The summed E-state index contributed by atoms with van der Waals surface area (Å²) in [7, 11) is -3.78. The molecule has 9 heteroatoms. The van der Waals surface area contributed by atoms with Gasteiger partial charge in [0.05, 0.1) is 5.92 Å². The van der Waals surface area contributed by atoms with Gasteiger partial charge in [-0.2, -0.15) is 4.31 Å². The molecular weight excluding hydrogens is 416 g/mol. The minimum absolute atomic E-state index is 0.0698. The number of piperidine rings is 1. The second-order valence-electron chi connectivity index (χ2n) is 8.15. The van der Waals surface area contributed by atoms with E-state index in [0.717, 1.165) is 18.4 Å². The van der Waals surface area contributed by atoms with E-state index < -0.39 is 15.9 Å². The summed E-state index contributed by atoms with van der Waals surface area (Å²) < 4.78 is 27.6. The van der Waals surface area contributed by atoms with Gasteiger partial charge in [0.2, 0.25) is 15.9 Å². The van der Waals surface area contributed by atoms with Crippen molar-refractivity contribution in [2.24, 2.45) is 5.92 Å². The third-order valence-electron chi connectivity index (χ3n) is 5.98. The first kappa shape index (κ1) is 21.6. The van der Waals surface area contributed by atoms with Crippen LogP contribution >= 0.6 is 0 Å². The number of hydrogen-bond donors (Lipinski definition) is 2. The Hall–Kier alpha value is -2.65. The van der Waals surface area contributed by atoms with Crippen LogP contribution in [-0.4, -0.2) is 60.6 Å². The van der Waals surface area contributed by atoms with Gasteiger partial charge in [-0.25, -0.2) is 8.42 Å². The molecule has 2 aliphatic heterocycles. The van der Waals surface area contributed by atoms with E-state index in [2.05, 4.69) is 10.3 Å². The third-order valence-corrected chi connectivity index (χ3v) is 7.83. The minimum Gasteiger partial charge on any atom is -0.356 e. The van der Waals surface area contributed by atoms with Crippen LogP contribution in [0.5, 0.6) is 0 Å². The van der Waals surface area contributed by atoms with Crippen LogP contribution in [0.4, 0.5) is 0 Å². The molecule has 8 nitrogen and oxygen atoms in total. The van der Waals surface area contributed by atoms with E-state index in [1.807, 2.05) is 30.3 Å². The van der Waals surface area contributed by atoms with Gasteiger partial charge in [-0.15, -0.1) is 0 Å². The standard InChI is InChI=1S/C22H28N4O4S/c27-21(24-14-17-7-2-1-3-8-17)18-9-6-12-26(16-18)31(29,30)19-13-20(23-15-19)22(28)25-10-4-5-11-25/h1-3,7-8,13,15,18,23H,4-6,9-12,14,16H2,(H,24,27). The number of sulfonamides is 1. The van der Waals surface area contributed by atoms with Crippen molar-refractivity contribution in [3.05, 3.63) is 53.9 Å². The maximum Gasteiger partial charge on any atom is 0.270 e. The first-order chi connectivity index (χ1) is 14.9. The second-order valence-corrected chi connectivity index (χ2v) is 10.1. The van der Waals surface area contributed by atoms with E-state index >= 15 is 0 Å². The molecule has 0 saturated carbocycles. The number of carbonyl (C=O) groups is 2. The zero-order valence-corrected chi connectivity index (χ0v) is 18.2. The second kappa shape index (κ2) is 9.23. The molecule has 2 amide bonds. The van der Waals surface area contributed by atoms with Crippen LogP contribution in [0, 0.1) is 5.92 Å². The van der Waals surface area contributed by atoms with E-state index in [-0.39, 0.29) is 28.9 Å². The first-order valence-electron chi connectivity index (χ1n) is 10.7. The molecule has 1 aromatic heterocycles. The lowest BCUT2D eigenvalue weighted by atomic mass is 9.99. The number of nitrogens with zero attached hydrogens (tertiary/aromatic N) is 2. The van der Waals surface area contributed by atoms with Gasteiger partial charge in [-0.1, -0.05) is 30.3 Å². The third kappa shape index (κ3) is 4.83. The molecule has 0 radical (unpaired) electrons. The van der Waals surface area contributed by atoms with Crippen LogP contribution in [-0.2, 0) is 21.4 Å². The van der Waals surface area contributed by atoms with Gasteiger partial charge in [0.15, 0.2) is 0 Å². The molecule has 166 valence electrons. The van der Waals surface area contributed by atoms with Crippen LogP contribution < -0.4 is 5.32 Å². The lowest BCUT2D eigenvalue weighted by molar-refractivity contribution is -0.126. The molecular formula is C22H28N4O4S. The van der Waals surface area contributed by atoms with Gasteiger partial charge in [-0.05, 0) is 37.3 Å². The van der Waals surface area contributed by atoms with Gasteiger partial charge >= 0.3 is 0 Å². The number of aromatic nitrogens is 1. The zero-order chi connectivity index (χ0) is 21.8. The number of amides is 2. The van der Waals surface area contributed by atoms with Gasteiger partial charge in [0.25, 0.3) is 5.91 Å². The molecule has 1 atom stereocenters. The number of aromatic amines is 1. The molecule has 2 aromatic rings. The Morgan fingerprint density at radius 2 is 1.81 bits per heavy atom. The van der Waals surface area contributed by atoms with E-state index in [4.69, 9.17) is 0 Å². The molecule has 0 bridgehead atoms. The highest BCUT2D eigenvalue weighted by Gasteiger charge is 2.34. The Morgan fingerprint density at radius 3 is 2.55 bits per heavy atom. The fraction of sp³-hybridized carbons (Fsp3) is 0.455. The number of rotatable bonds is 6. The number of nitrogens with one attached hydrogen (secondary N) is 2. The normalized spacial score (nSPS) is 20.0. The molecule has 2 aliphatic rings. The Labute approximate surface area is 182 Å². The maximum absolute atomic E-state index is 13.1. The Balaban J connectivity index is 1.40. The summed E-state index contributed by atoms with van der Waals surface area (Å²) in [6.07, 6.45) is 4.58. The molecule has 3 heterocycles. The first-order valence-corrected chi connectivity index (χ1v) is 12.2. The lowest BCUT2D eigenvalue weighted by Crippen LogP contribution is -2.45. The summed E-state index contributed by atoms with van der Waals surface area (Å²) in [6, 6.07) is 11.0. The topological polar surface area (TPSA) is 103 Å². The molecule has 0 aliphatic carbocycles. The Morgan fingerprint density at radius 1 is 1.06 bits per heavy atom. The fourth-order valence-corrected chi connectivity index (χ4v) is 5.71. The monoisotopic (exact) mass is 444 g/mol. The predicted octanol–water partition coefficient (Wildman–Crippen LogP) is 1.97. The molecule has 31 heavy (non-hydrogen) atoms. The summed E-state index contributed by atoms with van der Waals surface area (Å²) in [6.45, 7) is 2.33. The van der Waals surface area contributed by atoms with E-state index in [1.54, 1.807) is 4.90 Å². The van der Waals surface area contributed by atoms with Crippen molar-refractivity contribution in [2.45, 2.75) is 37.1 Å². The smallest absolute Gasteiger partial charge is 0.270 e. The van der Waals surface area contributed by atoms with Crippen LogP contribution in [0.25, 0.3) is 0 Å². The summed E-state index contributed by atoms with van der Waals surface area (Å²) in [5, 5.41) is 2.91. The predicted molar refractivity (Wildman–Crippen MR) is 116 cm³/mol. The van der Waals surface area contributed by atoms with E-state index in [9.17, 15) is 18.0 Å². The molecule has 2 saturated heterocycles. The quantitative estimate of drug-likeness (QED) is 0.711. The van der Waals surface area contributed by atoms with Gasteiger partial charge in [-0.3, -0.25) is 9.59 Å². The average Bonchev–Trinajstić information content (AvgIpc) is 3.51. The van der Waals surface area contributed by atoms with Crippen LogP contribution in [0.3, 0.4) is 0 Å². The highest BCUT2D eigenvalue weighted by Crippen LogP contribution is 2.25. The number of benzene rings is 1. The number of hydrogen-bond acceptors (Lipinski definition) is 4. The van der Waals surface area contributed by atoms with Crippen molar-refractivity contribution in [3.63, 3.8) is 0 Å². The summed E-state index contributed by atoms with van der Waals surface area (Å²) in [4.78, 5) is 29.8. The highest BCUT2D eigenvalue weighted by atomic mass is 32.2. The van der Waals surface area contributed by atoms with Gasteiger partial charge in [0.1, 0.15) is 10.6 Å². The SMILES string of the molecule is O=C(NCc1ccccc1)C1CCCN(S(=O)(=O)c2c[nH]c(C(=O)N3CCCC3)c2)C1. The van der Waals surface area contributed by atoms with Crippen molar-refractivity contribution in [2.75, 3.05) is 26.2 Å². The van der Waals surface area contributed by atoms with Crippen LogP contribution in [0.2, 0.25) is 0 Å². The zero-order valence-electron chi connectivity index (χ0n) is 17.4. The van der Waals surface area contributed by atoms with E-state index in [0.29, 0.717) is 39.0 Å². The van der Waals surface area contributed by atoms with E-state index in [1.165, 1.54) is 16.6 Å². The van der Waals surface area contributed by atoms with Crippen molar-refractivity contribution in [3.8, 4) is 0 Å². The molecule has 4 rings (SSSR count). The molecule has 2 N–H and O–H groups in total. The fourth-order valence-electron chi connectivity index (χ4n) is 4.19. The largest absolute Gasteiger partial charge is 0.356 e. The number of carbonyl (C=O) groups excluding carboxylic acids is 2. The number of H-pyrrole nitrogens is 1. The Kier molecular flexibility index (Phi) is 6.43. The van der Waals surface area contributed by atoms with Gasteiger partial charge < -0.3 is 15.2 Å². The average molecular weight is 445 g/mol. The van der Waals surface area contributed by atoms with Crippen LogP contribution in [0.1, 0.15) is 41.7 Å². The molecule has 0 spiro atoms. The summed E-state index contributed by atoms with van der Waals surface area (Å²) in [5.74, 6) is -0.699. The number of likely N-dealkylation sites (tertiary alicyclic amines) is 1. The van der Waals surface area contributed by atoms with Crippen molar-refractivity contribution in [1.82, 2.24) is 19.5 Å². The molecule has 2 fully saturated rings. The minimum atomic E-state index is -3.78. The van der Waals surface area contributed by atoms with Gasteiger partial charge in [0, 0.05) is 38.9 Å². The maximum atomic E-state index is 13.1. The molecule has 1 aromatic carbocycles. The van der Waals surface area contributed by atoms with Crippen molar-refractivity contribution >= 4 is 21.8 Å². The molecule has 1 unspecified atom stereocenters. The summed E-state index contributed by atoms with van der Waals surface area (Å²) in [5.41, 5.74) is 1.29. The van der Waals surface area contributed by atoms with Crippen molar-refractivity contribution < 1.29 is 18.0 Å². The lowest BCUT2D eigenvalue weighted by Gasteiger charge is -2.31. The summed E-state index contributed by atoms with van der Waals surface area (Å²) >= 11 is 0.